The van der Waals surface area contributed by atoms with Gasteiger partial charge in [0.15, 0.2) is 5.13 Å². The molecular formula is C16H18ClN5S. The second-order valence-electron chi connectivity index (χ2n) is 7.37. The number of nitrogens with zero attached hydrogens (tertiary/aromatic N) is 2. The monoisotopic (exact) mass is 347 g/mol. The van der Waals surface area contributed by atoms with Gasteiger partial charge in [0, 0.05) is 31.2 Å². The molecule has 1 spiro atoms. The molecule has 5 nitrogen and oxygen atoms in total. The lowest BCUT2D eigenvalue weighted by atomic mass is 9.90. The fourth-order valence-electron chi connectivity index (χ4n) is 4.74. The lowest BCUT2D eigenvalue weighted by Crippen LogP contribution is -2.56. The van der Waals surface area contributed by atoms with Crippen molar-refractivity contribution in [3.8, 4) is 0 Å². The molecule has 0 radical (unpaired) electrons. The SMILES string of the molecule is Clc1cccc2sc(NC3NCC4(CN5CC5C5CC54)N3)nc12. The number of nitrogens with one attached hydrogen (secondary N) is 3. The van der Waals surface area contributed by atoms with Crippen molar-refractivity contribution in [1.29, 1.82) is 0 Å². The quantitative estimate of drug-likeness (QED) is 0.725. The molecule has 1 aromatic heterocycles. The number of aromatic nitrogens is 1. The molecule has 120 valence electrons. The van der Waals surface area contributed by atoms with E-state index in [1.807, 2.05) is 12.1 Å². The first-order chi connectivity index (χ1) is 11.2. The third-order valence-electron chi connectivity index (χ3n) is 5.98. The number of benzene rings is 1. The van der Waals surface area contributed by atoms with Crippen molar-refractivity contribution >= 4 is 38.3 Å². The van der Waals surface area contributed by atoms with Crippen molar-refractivity contribution in [3.63, 3.8) is 0 Å². The van der Waals surface area contributed by atoms with Crippen molar-refractivity contribution < 1.29 is 0 Å². The van der Waals surface area contributed by atoms with Gasteiger partial charge in [-0.2, -0.15) is 0 Å². The maximum absolute atomic E-state index is 6.23. The standard InChI is InChI=1S/C16H18ClN5S/c17-10-2-1-3-12-13(10)19-15(23-12)20-14-18-6-16(21-14)7-22-5-11(22)8-4-9(8)16/h1-3,8-9,11,14,18,21H,4-7H2,(H,19,20). The number of hydrogen-bond acceptors (Lipinski definition) is 6. The highest BCUT2D eigenvalue weighted by Gasteiger charge is 2.67. The van der Waals surface area contributed by atoms with Gasteiger partial charge < -0.3 is 5.32 Å². The highest BCUT2D eigenvalue weighted by molar-refractivity contribution is 7.22. The van der Waals surface area contributed by atoms with E-state index < -0.39 is 0 Å². The van der Waals surface area contributed by atoms with Crippen LogP contribution in [0.3, 0.4) is 0 Å². The number of piperidine rings is 1. The third kappa shape index (κ3) is 1.93. The molecule has 4 fully saturated rings. The Balaban J connectivity index is 1.23. The molecule has 0 amide bonds. The zero-order valence-corrected chi connectivity index (χ0v) is 14.1. The van der Waals surface area contributed by atoms with E-state index in [0.717, 1.165) is 44.8 Å². The first-order valence-electron chi connectivity index (χ1n) is 8.29. The molecule has 3 saturated heterocycles. The van der Waals surface area contributed by atoms with E-state index in [4.69, 9.17) is 11.6 Å². The zero-order chi connectivity index (χ0) is 15.2. The van der Waals surface area contributed by atoms with E-state index in [1.165, 1.54) is 19.5 Å². The number of halogens is 1. The fraction of sp³-hybridized carbons (Fsp3) is 0.562. The lowest BCUT2D eigenvalue weighted by Gasteiger charge is -2.34. The van der Waals surface area contributed by atoms with Crippen LogP contribution in [0, 0.1) is 11.8 Å². The molecule has 1 aromatic carbocycles. The van der Waals surface area contributed by atoms with Crippen LogP contribution in [0.25, 0.3) is 10.2 Å². The minimum Gasteiger partial charge on any atom is -0.334 e. The Hall–Kier alpha value is -0.920. The predicted molar refractivity (Wildman–Crippen MR) is 92.9 cm³/mol. The minimum atomic E-state index is 0.0899. The Morgan fingerprint density at radius 2 is 2.39 bits per heavy atom. The van der Waals surface area contributed by atoms with Gasteiger partial charge in [-0.3, -0.25) is 15.5 Å². The zero-order valence-electron chi connectivity index (χ0n) is 12.6. The average molecular weight is 348 g/mol. The highest BCUT2D eigenvalue weighted by atomic mass is 35.5. The van der Waals surface area contributed by atoms with Crippen LogP contribution >= 0.6 is 22.9 Å². The Kier molecular flexibility index (Phi) is 2.54. The summed E-state index contributed by atoms with van der Waals surface area (Å²) >= 11 is 7.88. The smallest absolute Gasteiger partial charge is 0.186 e. The van der Waals surface area contributed by atoms with E-state index in [-0.39, 0.29) is 11.8 Å². The maximum Gasteiger partial charge on any atom is 0.186 e. The molecule has 6 unspecified atom stereocenters. The second kappa shape index (κ2) is 4.37. The summed E-state index contributed by atoms with van der Waals surface area (Å²) in [5, 5.41) is 12.6. The Bertz CT molecular complexity index is 809. The Morgan fingerprint density at radius 3 is 3.30 bits per heavy atom. The van der Waals surface area contributed by atoms with Gasteiger partial charge in [-0.15, -0.1) is 0 Å². The van der Waals surface area contributed by atoms with Crippen LogP contribution in [0.2, 0.25) is 5.02 Å². The Morgan fingerprint density at radius 1 is 1.43 bits per heavy atom. The van der Waals surface area contributed by atoms with Crippen molar-refractivity contribution in [2.45, 2.75) is 24.3 Å². The number of thiazole rings is 1. The first-order valence-corrected chi connectivity index (χ1v) is 9.48. The van der Waals surface area contributed by atoms with Crippen LogP contribution in [-0.4, -0.2) is 47.4 Å². The Labute approximate surface area is 143 Å². The van der Waals surface area contributed by atoms with E-state index in [0.29, 0.717) is 0 Å². The van der Waals surface area contributed by atoms with Gasteiger partial charge in [-0.05, 0) is 30.4 Å². The highest BCUT2D eigenvalue weighted by Crippen LogP contribution is 2.58. The van der Waals surface area contributed by atoms with E-state index >= 15 is 0 Å². The number of hydrogen-bond donors (Lipinski definition) is 3. The largest absolute Gasteiger partial charge is 0.334 e. The molecule has 3 N–H and O–H groups in total. The topological polar surface area (TPSA) is 52.0 Å². The second-order valence-corrected chi connectivity index (χ2v) is 8.81. The van der Waals surface area contributed by atoms with Crippen molar-refractivity contribution in [3.05, 3.63) is 23.2 Å². The molecule has 0 bridgehead atoms. The normalized spacial score (nSPS) is 43.4. The van der Waals surface area contributed by atoms with Gasteiger partial charge in [-0.25, -0.2) is 4.98 Å². The van der Waals surface area contributed by atoms with Crippen molar-refractivity contribution in [1.82, 2.24) is 20.5 Å². The van der Waals surface area contributed by atoms with E-state index in [9.17, 15) is 0 Å². The van der Waals surface area contributed by atoms with Crippen LogP contribution in [0.4, 0.5) is 5.13 Å². The van der Waals surface area contributed by atoms with Gasteiger partial charge in [0.1, 0.15) is 11.8 Å². The van der Waals surface area contributed by atoms with Crippen LogP contribution in [0.1, 0.15) is 6.42 Å². The number of rotatable bonds is 2. The predicted octanol–water partition coefficient (Wildman–Crippen LogP) is 1.91. The van der Waals surface area contributed by atoms with Crippen LogP contribution in [0.5, 0.6) is 0 Å². The van der Waals surface area contributed by atoms with Gasteiger partial charge in [0.2, 0.25) is 0 Å². The summed E-state index contributed by atoms with van der Waals surface area (Å²) in [6.07, 6.45) is 1.49. The van der Waals surface area contributed by atoms with Crippen LogP contribution in [0.15, 0.2) is 18.2 Å². The third-order valence-corrected chi connectivity index (χ3v) is 7.23. The number of anilines is 1. The summed E-state index contributed by atoms with van der Waals surface area (Å²) in [5.41, 5.74) is 1.14. The number of para-hydroxylation sites is 1. The lowest BCUT2D eigenvalue weighted by molar-refractivity contribution is 0.221. The van der Waals surface area contributed by atoms with Gasteiger partial charge >= 0.3 is 0 Å². The molecule has 7 heteroatoms. The summed E-state index contributed by atoms with van der Waals surface area (Å²) < 4.78 is 1.12. The number of fused-ring (bicyclic) bond motifs is 5. The minimum absolute atomic E-state index is 0.0899. The molecular weight excluding hydrogens is 330 g/mol. The molecule has 1 saturated carbocycles. The molecule has 6 rings (SSSR count). The molecule has 23 heavy (non-hydrogen) atoms. The van der Waals surface area contributed by atoms with Crippen LogP contribution < -0.4 is 16.0 Å². The molecule has 3 aliphatic heterocycles. The van der Waals surface area contributed by atoms with Gasteiger partial charge in [0.25, 0.3) is 0 Å². The summed E-state index contributed by atoms with van der Waals surface area (Å²) in [6, 6.07) is 6.84. The summed E-state index contributed by atoms with van der Waals surface area (Å²) in [5.74, 6) is 1.80. The molecule has 2 aromatic rings. The maximum atomic E-state index is 6.23. The average Bonchev–Trinajstić information content (AvgIpc) is 3.39. The van der Waals surface area contributed by atoms with Crippen LogP contribution in [-0.2, 0) is 0 Å². The van der Waals surface area contributed by atoms with Crippen molar-refractivity contribution in [2.75, 3.05) is 25.0 Å². The molecule has 6 atom stereocenters. The van der Waals surface area contributed by atoms with E-state index in [2.05, 4.69) is 31.9 Å². The molecule has 4 heterocycles. The molecule has 4 aliphatic rings. The van der Waals surface area contributed by atoms with Gasteiger partial charge in [0.05, 0.1) is 9.72 Å². The first kappa shape index (κ1) is 13.4. The van der Waals surface area contributed by atoms with Gasteiger partial charge in [-0.1, -0.05) is 29.0 Å². The fourth-order valence-corrected chi connectivity index (χ4v) is 5.93. The van der Waals surface area contributed by atoms with Crippen molar-refractivity contribution in [2.24, 2.45) is 11.8 Å². The summed E-state index contributed by atoms with van der Waals surface area (Å²) in [4.78, 5) is 7.27. The summed E-state index contributed by atoms with van der Waals surface area (Å²) in [6.45, 7) is 3.55. The summed E-state index contributed by atoms with van der Waals surface area (Å²) in [7, 11) is 0. The van der Waals surface area contributed by atoms with E-state index in [1.54, 1.807) is 11.3 Å². The molecule has 1 aliphatic carbocycles.